The third kappa shape index (κ3) is 3.24. The molecule has 2 heterocycles. The molecular weight excluding hydrogens is 294 g/mol. The van der Waals surface area contributed by atoms with Gasteiger partial charge in [0, 0.05) is 31.2 Å². The molecule has 23 heavy (non-hydrogen) atoms. The summed E-state index contributed by atoms with van der Waals surface area (Å²) in [5, 5.41) is 3.14. The number of carbonyl (C=O) groups is 1. The van der Waals surface area contributed by atoms with Crippen LogP contribution in [0.3, 0.4) is 0 Å². The van der Waals surface area contributed by atoms with Gasteiger partial charge in [-0.2, -0.15) is 0 Å². The molecule has 2 amide bonds. The van der Waals surface area contributed by atoms with Gasteiger partial charge >= 0.3 is 6.03 Å². The van der Waals surface area contributed by atoms with Crippen LogP contribution >= 0.6 is 0 Å². The van der Waals surface area contributed by atoms with E-state index in [9.17, 15) is 9.59 Å². The Hall–Kier alpha value is -1.89. The van der Waals surface area contributed by atoms with Gasteiger partial charge in [-0.25, -0.2) is 9.78 Å². The maximum Gasteiger partial charge on any atom is 0.317 e. The number of aryl methyl sites for hydroxylation is 1. The zero-order valence-electron chi connectivity index (χ0n) is 14.1. The van der Waals surface area contributed by atoms with Crippen LogP contribution < -0.4 is 10.9 Å². The van der Waals surface area contributed by atoms with Gasteiger partial charge in [-0.3, -0.25) is 4.79 Å². The summed E-state index contributed by atoms with van der Waals surface area (Å²) in [6.45, 7) is 0.991. The first kappa shape index (κ1) is 16.0. The van der Waals surface area contributed by atoms with Gasteiger partial charge in [0.15, 0.2) is 0 Å². The van der Waals surface area contributed by atoms with Crippen LogP contribution in [0.15, 0.2) is 11.1 Å². The summed E-state index contributed by atoms with van der Waals surface area (Å²) in [5.41, 5.74) is 1.47. The third-order valence-electron chi connectivity index (χ3n) is 5.04. The highest BCUT2D eigenvalue weighted by Crippen LogP contribution is 2.23. The molecule has 1 aromatic heterocycles. The van der Waals surface area contributed by atoms with Crippen molar-refractivity contribution in [3.8, 4) is 0 Å². The molecule has 3 rings (SSSR count). The number of nitrogens with zero attached hydrogens (tertiary/aromatic N) is 4. The van der Waals surface area contributed by atoms with E-state index in [1.54, 1.807) is 11.9 Å². The molecule has 1 aliphatic carbocycles. The van der Waals surface area contributed by atoms with Crippen molar-refractivity contribution in [3.63, 3.8) is 0 Å². The number of nitrogens with one attached hydrogen (secondary N) is 1. The normalized spacial score (nSPS) is 23.9. The summed E-state index contributed by atoms with van der Waals surface area (Å²) in [6, 6.07) is 0.752. The van der Waals surface area contributed by atoms with Crippen molar-refractivity contribution in [2.75, 3.05) is 20.6 Å². The Morgan fingerprint density at radius 1 is 1.39 bits per heavy atom. The van der Waals surface area contributed by atoms with E-state index in [1.165, 1.54) is 10.9 Å². The van der Waals surface area contributed by atoms with Gasteiger partial charge in [0.05, 0.1) is 18.6 Å². The molecule has 1 aromatic rings. The summed E-state index contributed by atoms with van der Waals surface area (Å²) in [4.78, 5) is 32.9. The summed E-state index contributed by atoms with van der Waals surface area (Å²) >= 11 is 0. The van der Waals surface area contributed by atoms with Crippen LogP contribution in [0.1, 0.15) is 30.5 Å². The van der Waals surface area contributed by atoms with Gasteiger partial charge in [0.25, 0.3) is 5.56 Å². The SMILES string of the molecule is CN(C)C1CCC(NC(=O)N2CCc3c(ncn(C)c3=O)C2)C1. The monoisotopic (exact) mass is 319 g/mol. The molecule has 7 heteroatoms. The van der Waals surface area contributed by atoms with E-state index in [0.717, 1.165) is 30.5 Å². The zero-order chi connectivity index (χ0) is 16.6. The minimum absolute atomic E-state index is 0.000300. The predicted molar refractivity (Wildman–Crippen MR) is 87.2 cm³/mol. The van der Waals surface area contributed by atoms with Gasteiger partial charge < -0.3 is 19.7 Å². The Morgan fingerprint density at radius 3 is 2.87 bits per heavy atom. The Labute approximate surface area is 136 Å². The molecule has 0 radical (unpaired) electrons. The molecule has 0 spiro atoms. The molecule has 126 valence electrons. The molecule has 1 fully saturated rings. The van der Waals surface area contributed by atoms with E-state index in [-0.39, 0.29) is 17.6 Å². The van der Waals surface area contributed by atoms with Crippen LogP contribution in [0.5, 0.6) is 0 Å². The standard InChI is InChI=1S/C16H25N5O2/c1-19(2)12-5-4-11(8-12)18-16(23)21-7-6-13-14(9-21)17-10-20(3)15(13)22/h10-12H,4-9H2,1-3H3,(H,18,23). The van der Waals surface area contributed by atoms with E-state index in [2.05, 4.69) is 29.3 Å². The van der Waals surface area contributed by atoms with Crippen LogP contribution in [-0.2, 0) is 20.0 Å². The zero-order valence-corrected chi connectivity index (χ0v) is 14.1. The summed E-state index contributed by atoms with van der Waals surface area (Å²) in [6.07, 6.45) is 5.26. The van der Waals surface area contributed by atoms with Crippen molar-refractivity contribution in [2.24, 2.45) is 7.05 Å². The second-order valence-corrected chi connectivity index (χ2v) is 6.83. The van der Waals surface area contributed by atoms with Gasteiger partial charge in [-0.1, -0.05) is 0 Å². The minimum Gasteiger partial charge on any atom is -0.335 e. The molecule has 0 saturated heterocycles. The van der Waals surface area contributed by atoms with Crippen molar-refractivity contribution in [2.45, 2.75) is 44.3 Å². The Kier molecular flexibility index (Phi) is 4.39. The molecule has 0 bridgehead atoms. The molecule has 2 atom stereocenters. The smallest absolute Gasteiger partial charge is 0.317 e. The van der Waals surface area contributed by atoms with E-state index in [0.29, 0.717) is 25.6 Å². The van der Waals surface area contributed by atoms with Crippen LogP contribution in [0, 0.1) is 0 Å². The fourth-order valence-corrected chi connectivity index (χ4v) is 3.51. The van der Waals surface area contributed by atoms with Crippen LogP contribution in [0.4, 0.5) is 4.79 Å². The van der Waals surface area contributed by atoms with Gasteiger partial charge in [-0.05, 0) is 39.8 Å². The van der Waals surface area contributed by atoms with Gasteiger partial charge in [0.1, 0.15) is 0 Å². The van der Waals surface area contributed by atoms with Crippen LogP contribution in [0.25, 0.3) is 0 Å². The summed E-state index contributed by atoms with van der Waals surface area (Å²) in [7, 11) is 5.88. The minimum atomic E-state index is -0.0393. The van der Waals surface area contributed by atoms with E-state index in [1.807, 2.05) is 0 Å². The lowest BCUT2D eigenvalue weighted by Gasteiger charge is -2.29. The molecule has 7 nitrogen and oxygen atoms in total. The Bertz CT molecular complexity index is 654. The number of aromatic nitrogens is 2. The first-order valence-corrected chi connectivity index (χ1v) is 8.21. The summed E-state index contributed by atoms with van der Waals surface area (Å²) < 4.78 is 1.49. The first-order valence-electron chi connectivity index (χ1n) is 8.21. The topological polar surface area (TPSA) is 70.5 Å². The van der Waals surface area contributed by atoms with E-state index in [4.69, 9.17) is 0 Å². The van der Waals surface area contributed by atoms with Crippen molar-refractivity contribution < 1.29 is 4.79 Å². The average molecular weight is 319 g/mol. The quantitative estimate of drug-likeness (QED) is 0.853. The molecule has 0 aromatic carbocycles. The second-order valence-electron chi connectivity index (χ2n) is 6.83. The highest BCUT2D eigenvalue weighted by Gasteiger charge is 2.30. The number of amides is 2. The van der Waals surface area contributed by atoms with Crippen molar-refractivity contribution in [1.82, 2.24) is 24.7 Å². The van der Waals surface area contributed by atoms with Crippen molar-refractivity contribution in [3.05, 3.63) is 27.9 Å². The summed E-state index contributed by atoms with van der Waals surface area (Å²) in [5.74, 6) is 0. The lowest BCUT2D eigenvalue weighted by Crippen LogP contribution is -2.47. The lowest BCUT2D eigenvalue weighted by atomic mass is 10.1. The molecule has 1 aliphatic heterocycles. The highest BCUT2D eigenvalue weighted by atomic mass is 16.2. The number of carbonyl (C=O) groups excluding carboxylic acids is 1. The molecule has 1 N–H and O–H groups in total. The Balaban J connectivity index is 1.62. The van der Waals surface area contributed by atoms with Crippen molar-refractivity contribution >= 4 is 6.03 Å². The molecule has 1 saturated carbocycles. The van der Waals surface area contributed by atoms with Gasteiger partial charge in [-0.15, -0.1) is 0 Å². The van der Waals surface area contributed by atoms with Crippen molar-refractivity contribution in [1.29, 1.82) is 0 Å². The number of fused-ring (bicyclic) bond motifs is 1. The fraction of sp³-hybridized carbons (Fsp3) is 0.688. The largest absolute Gasteiger partial charge is 0.335 e. The lowest BCUT2D eigenvalue weighted by molar-refractivity contribution is 0.186. The van der Waals surface area contributed by atoms with E-state index < -0.39 is 0 Å². The number of hydrogen-bond donors (Lipinski definition) is 1. The first-order chi connectivity index (χ1) is 11.0. The fourth-order valence-electron chi connectivity index (χ4n) is 3.51. The number of rotatable bonds is 2. The highest BCUT2D eigenvalue weighted by molar-refractivity contribution is 5.74. The third-order valence-corrected chi connectivity index (χ3v) is 5.04. The number of hydrogen-bond acceptors (Lipinski definition) is 4. The van der Waals surface area contributed by atoms with Gasteiger partial charge in [0.2, 0.25) is 0 Å². The van der Waals surface area contributed by atoms with Crippen LogP contribution in [0.2, 0.25) is 0 Å². The van der Waals surface area contributed by atoms with Crippen LogP contribution in [-0.4, -0.2) is 58.1 Å². The molecular formula is C16H25N5O2. The molecule has 2 aliphatic rings. The average Bonchev–Trinajstić information content (AvgIpc) is 2.99. The molecule has 2 unspecified atom stereocenters. The maximum absolute atomic E-state index is 12.5. The maximum atomic E-state index is 12.5. The second kappa shape index (κ2) is 6.31. The van der Waals surface area contributed by atoms with E-state index >= 15 is 0 Å². The Morgan fingerprint density at radius 2 is 2.17 bits per heavy atom. The predicted octanol–water partition coefficient (Wildman–Crippen LogP) is 0.331. The number of urea groups is 1.